The van der Waals surface area contributed by atoms with Crippen LogP contribution in [0.15, 0.2) is 30.3 Å². The number of aliphatic hydroxyl groups is 1. The molecule has 1 fully saturated rings. The van der Waals surface area contributed by atoms with Crippen LogP contribution >= 0.6 is 0 Å². The van der Waals surface area contributed by atoms with E-state index >= 15 is 0 Å². The van der Waals surface area contributed by atoms with Crippen molar-refractivity contribution in [2.24, 2.45) is 5.92 Å². The molecule has 0 saturated heterocycles. The minimum atomic E-state index is -0.328. The largest absolute Gasteiger partial charge is 0.388 e. The van der Waals surface area contributed by atoms with E-state index in [4.69, 9.17) is 0 Å². The number of nitrogens with zero attached hydrogens (tertiary/aromatic N) is 1. The standard InChI is InChI=1S/C18H29NO/c1-3-15-9-11-17(12-10-15)19(2)14-13-18(20)16-7-5-4-6-8-16/h4-8,15,17-18,20H,3,9-14H2,1-2H3. The van der Waals surface area contributed by atoms with Crippen LogP contribution in [-0.2, 0) is 0 Å². The summed E-state index contributed by atoms with van der Waals surface area (Å²) in [6, 6.07) is 10.7. The minimum Gasteiger partial charge on any atom is -0.388 e. The normalized spacial score (nSPS) is 24.8. The van der Waals surface area contributed by atoms with Gasteiger partial charge in [-0.2, -0.15) is 0 Å². The molecule has 0 heterocycles. The zero-order valence-corrected chi connectivity index (χ0v) is 13.0. The SMILES string of the molecule is CCC1CCC(N(C)CCC(O)c2ccccc2)CC1. The predicted octanol–water partition coefficient (Wildman–Crippen LogP) is 4.01. The van der Waals surface area contributed by atoms with Crippen molar-refractivity contribution in [3.8, 4) is 0 Å². The topological polar surface area (TPSA) is 23.5 Å². The summed E-state index contributed by atoms with van der Waals surface area (Å²) in [5, 5.41) is 10.2. The molecule has 1 atom stereocenters. The van der Waals surface area contributed by atoms with E-state index in [0.717, 1.165) is 30.5 Å². The minimum absolute atomic E-state index is 0.328. The Morgan fingerprint density at radius 2 is 1.80 bits per heavy atom. The first kappa shape index (κ1) is 15.5. The molecule has 112 valence electrons. The number of rotatable bonds is 6. The van der Waals surface area contributed by atoms with Crippen molar-refractivity contribution in [1.82, 2.24) is 4.90 Å². The summed E-state index contributed by atoms with van der Waals surface area (Å²) in [6.45, 7) is 3.29. The predicted molar refractivity (Wildman–Crippen MR) is 84.7 cm³/mol. The summed E-state index contributed by atoms with van der Waals surface area (Å²) in [7, 11) is 2.22. The average Bonchev–Trinajstić information content (AvgIpc) is 2.53. The highest BCUT2D eigenvalue weighted by molar-refractivity contribution is 5.17. The second kappa shape index (κ2) is 7.80. The molecule has 1 unspecified atom stereocenters. The van der Waals surface area contributed by atoms with Gasteiger partial charge in [0.2, 0.25) is 0 Å². The third kappa shape index (κ3) is 4.32. The van der Waals surface area contributed by atoms with Gasteiger partial charge in [-0.3, -0.25) is 0 Å². The number of hydrogen-bond acceptors (Lipinski definition) is 2. The lowest BCUT2D eigenvalue weighted by atomic mass is 9.84. The maximum Gasteiger partial charge on any atom is 0.0802 e. The zero-order chi connectivity index (χ0) is 14.4. The van der Waals surface area contributed by atoms with E-state index in [2.05, 4.69) is 18.9 Å². The fourth-order valence-corrected chi connectivity index (χ4v) is 3.34. The lowest BCUT2D eigenvalue weighted by Gasteiger charge is -2.34. The van der Waals surface area contributed by atoms with Crippen LogP contribution in [0.5, 0.6) is 0 Å². The molecule has 0 spiro atoms. The summed E-state index contributed by atoms with van der Waals surface area (Å²) < 4.78 is 0. The summed E-state index contributed by atoms with van der Waals surface area (Å²) in [4.78, 5) is 2.46. The number of hydrogen-bond donors (Lipinski definition) is 1. The second-order valence-electron chi connectivity index (χ2n) is 6.28. The average molecular weight is 275 g/mol. The molecular weight excluding hydrogens is 246 g/mol. The van der Waals surface area contributed by atoms with Crippen molar-refractivity contribution < 1.29 is 5.11 Å². The van der Waals surface area contributed by atoms with E-state index in [1.54, 1.807) is 0 Å². The number of benzene rings is 1. The molecule has 0 bridgehead atoms. The van der Waals surface area contributed by atoms with Gasteiger partial charge in [0, 0.05) is 12.6 Å². The van der Waals surface area contributed by atoms with Crippen LogP contribution < -0.4 is 0 Å². The van der Waals surface area contributed by atoms with Crippen LogP contribution in [0.2, 0.25) is 0 Å². The first-order valence-electron chi connectivity index (χ1n) is 8.14. The van der Waals surface area contributed by atoms with Gasteiger partial charge in [0.05, 0.1) is 6.10 Å². The molecule has 2 rings (SSSR count). The third-order valence-corrected chi connectivity index (χ3v) is 4.96. The highest BCUT2D eigenvalue weighted by Gasteiger charge is 2.23. The Kier molecular flexibility index (Phi) is 6.06. The van der Waals surface area contributed by atoms with E-state index in [1.165, 1.54) is 32.1 Å². The Bertz CT molecular complexity index is 370. The first-order chi connectivity index (χ1) is 9.70. The van der Waals surface area contributed by atoms with Gasteiger partial charge in [0.15, 0.2) is 0 Å². The van der Waals surface area contributed by atoms with Gasteiger partial charge < -0.3 is 10.0 Å². The molecule has 0 amide bonds. The van der Waals surface area contributed by atoms with Crippen molar-refractivity contribution in [2.75, 3.05) is 13.6 Å². The van der Waals surface area contributed by atoms with Crippen LogP contribution in [0.1, 0.15) is 57.1 Å². The smallest absolute Gasteiger partial charge is 0.0802 e. The summed E-state index contributed by atoms with van der Waals surface area (Å²) in [5.41, 5.74) is 1.04. The highest BCUT2D eigenvalue weighted by atomic mass is 16.3. The van der Waals surface area contributed by atoms with Crippen LogP contribution in [-0.4, -0.2) is 29.6 Å². The molecule has 2 nitrogen and oxygen atoms in total. The molecule has 1 aromatic rings. The van der Waals surface area contributed by atoms with Crippen molar-refractivity contribution >= 4 is 0 Å². The van der Waals surface area contributed by atoms with Gasteiger partial charge in [-0.1, -0.05) is 43.7 Å². The van der Waals surface area contributed by atoms with E-state index < -0.39 is 0 Å². The molecule has 1 N–H and O–H groups in total. The summed E-state index contributed by atoms with van der Waals surface area (Å²) >= 11 is 0. The van der Waals surface area contributed by atoms with Gasteiger partial charge in [-0.25, -0.2) is 0 Å². The molecular formula is C18H29NO. The van der Waals surface area contributed by atoms with Gasteiger partial charge >= 0.3 is 0 Å². The summed E-state index contributed by atoms with van der Waals surface area (Å²) in [6.07, 6.45) is 7.26. The summed E-state index contributed by atoms with van der Waals surface area (Å²) in [5.74, 6) is 0.953. The van der Waals surface area contributed by atoms with Gasteiger partial charge in [-0.05, 0) is 50.6 Å². The van der Waals surface area contributed by atoms with E-state index in [0.29, 0.717) is 0 Å². The molecule has 1 aliphatic rings. The Hall–Kier alpha value is -0.860. The number of aliphatic hydroxyl groups excluding tert-OH is 1. The van der Waals surface area contributed by atoms with E-state index in [1.807, 2.05) is 30.3 Å². The third-order valence-electron chi connectivity index (χ3n) is 4.96. The van der Waals surface area contributed by atoms with E-state index in [9.17, 15) is 5.11 Å². The van der Waals surface area contributed by atoms with E-state index in [-0.39, 0.29) is 6.10 Å². The fourth-order valence-electron chi connectivity index (χ4n) is 3.34. The maximum absolute atomic E-state index is 10.2. The van der Waals surface area contributed by atoms with Crippen molar-refractivity contribution in [1.29, 1.82) is 0 Å². The van der Waals surface area contributed by atoms with Gasteiger partial charge in [-0.15, -0.1) is 0 Å². The van der Waals surface area contributed by atoms with Gasteiger partial charge in [0.25, 0.3) is 0 Å². The van der Waals surface area contributed by atoms with Crippen molar-refractivity contribution in [3.63, 3.8) is 0 Å². The Balaban J connectivity index is 1.74. The Labute approximate surface area is 123 Å². The van der Waals surface area contributed by atoms with Crippen LogP contribution in [0.25, 0.3) is 0 Å². The molecule has 0 aromatic heterocycles. The molecule has 0 radical (unpaired) electrons. The molecule has 0 aliphatic heterocycles. The van der Waals surface area contributed by atoms with Crippen LogP contribution in [0.3, 0.4) is 0 Å². The molecule has 1 saturated carbocycles. The quantitative estimate of drug-likeness (QED) is 0.848. The van der Waals surface area contributed by atoms with Crippen LogP contribution in [0.4, 0.5) is 0 Å². The lowest BCUT2D eigenvalue weighted by Crippen LogP contribution is -2.36. The van der Waals surface area contributed by atoms with Crippen molar-refractivity contribution in [3.05, 3.63) is 35.9 Å². The zero-order valence-electron chi connectivity index (χ0n) is 13.0. The Morgan fingerprint density at radius 3 is 2.40 bits per heavy atom. The second-order valence-corrected chi connectivity index (χ2v) is 6.28. The Morgan fingerprint density at radius 1 is 1.15 bits per heavy atom. The van der Waals surface area contributed by atoms with Crippen LogP contribution in [0, 0.1) is 5.92 Å². The molecule has 1 aromatic carbocycles. The molecule has 20 heavy (non-hydrogen) atoms. The lowest BCUT2D eigenvalue weighted by molar-refractivity contribution is 0.117. The van der Waals surface area contributed by atoms with Gasteiger partial charge in [0.1, 0.15) is 0 Å². The highest BCUT2D eigenvalue weighted by Crippen LogP contribution is 2.29. The molecule has 1 aliphatic carbocycles. The van der Waals surface area contributed by atoms with Crippen molar-refractivity contribution in [2.45, 2.75) is 57.6 Å². The first-order valence-corrected chi connectivity index (χ1v) is 8.14. The fraction of sp³-hybridized carbons (Fsp3) is 0.667. The molecule has 2 heteroatoms. The monoisotopic (exact) mass is 275 g/mol. The maximum atomic E-state index is 10.2.